The van der Waals surface area contributed by atoms with Crippen LogP contribution in [0, 0.1) is 5.82 Å². The van der Waals surface area contributed by atoms with Crippen LogP contribution >= 0.6 is 23.4 Å². The van der Waals surface area contributed by atoms with E-state index in [-0.39, 0.29) is 21.6 Å². The smallest absolute Gasteiger partial charge is 0.266 e. The third-order valence-corrected chi connectivity index (χ3v) is 5.22. The largest absolute Gasteiger partial charge is 0.299 e. The van der Waals surface area contributed by atoms with Gasteiger partial charge in [-0.25, -0.2) is 9.37 Å². The van der Waals surface area contributed by atoms with Gasteiger partial charge >= 0.3 is 0 Å². The zero-order valence-electron chi connectivity index (χ0n) is 13.5. The minimum Gasteiger partial charge on any atom is -0.299 e. The molecule has 0 spiro atoms. The molecule has 0 aliphatic heterocycles. The molecule has 0 unspecified atom stereocenters. The van der Waals surface area contributed by atoms with Crippen LogP contribution in [0.1, 0.15) is 13.8 Å². The number of carbonyl (C=O) groups is 1. The summed E-state index contributed by atoms with van der Waals surface area (Å²) in [5.41, 5.74) is 0.634. The first-order valence-electron chi connectivity index (χ1n) is 7.53. The summed E-state index contributed by atoms with van der Waals surface area (Å²) >= 11 is 7.05. The Morgan fingerprint density at radius 2 is 2.00 bits per heavy atom. The summed E-state index contributed by atoms with van der Waals surface area (Å²) in [7, 11) is 0. The lowest BCUT2D eigenvalue weighted by Gasteiger charge is -2.15. The molecule has 7 heteroatoms. The molecule has 0 fully saturated rings. The van der Waals surface area contributed by atoms with Crippen molar-refractivity contribution in [2.45, 2.75) is 24.3 Å². The first kappa shape index (κ1) is 17.6. The van der Waals surface area contributed by atoms with Crippen LogP contribution in [0.2, 0.25) is 5.02 Å². The molecule has 4 nitrogen and oxygen atoms in total. The Hall–Kier alpha value is -2.18. The van der Waals surface area contributed by atoms with E-state index in [2.05, 4.69) is 4.98 Å². The summed E-state index contributed by atoms with van der Waals surface area (Å²) in [5, 5.41) is 0.320. The normalized spacial score (nSPS) is 12.3. The first-order valence-corrected chi connectivity index (χ1v) is 8.78. The molecule has 0 bridgehead atoms. The van der Waals surface area contributed by atoms with Gasteiger partial charge in [-0.3, -0.25) is 14.2 Å². The van der Waals surface area contributed by atoms with E-state index in [1.165, 1.54) is 41.5 Å². The van der Waals surface area contributed by atoms with Gasteiger partial charge in [-0.1, -0.05) is 35.5 Å². The zero-order chi connectivity index (χ0) is 18.1. The van der Waals surface area contributed by atoms with Crippen molar-refractivity contribution in [1.82, 2.24) is 9.55 Å². The third kappa shape index (κ3) is 3.45. The zero-order valence-corrected chi connectivity index (χ0v) is 15.1. The van der Waals surface area contributed by atoms with Crippen LogP contribution in [0.5, 0.6) is 0 Å². The van der Waals surface area contributed by atoms with Crippen molar-refractivity contribution in [2.75, 3.05) is 0 Å². The predicted molar refractivity (Wildman–Crippen MR) is 98.3 cm³/mol. The van der Waals surface area contributed by atoms with Gasteiger partial charge in [0.2, 0.25) is 0 Å². The Balaban J connectivity index is 2.29. The average molecular weight is 377 g/mol. The van der Waals surface area contributed by atoms with E-state index in [1.807, 2.05) is 0 Å². The molecule has 0 aliphatic rings. The fourth-order valence-corrected chi connectivity index (χ4v) is 3.39. The highest BCUT2D eigenvalue weighted by Crippen LogP contribution is 2.27. The Bertz CT molecular complexity index is 1040. The van der Waals surface area contributed by atoms with Crippen LogP contribution in [0.25, 0.3) is 16.6 Å². The van der Waals surface area contributed by atoms with Crippen molar-refractivity contribution in [2.24, 2.45) is 0 Å². The third-order valence-electron chi connectivity index (χ3n) is 3.76. The van der Waals surface area contributed by atoms with Crippen LogP contribution in [0.3, 0.4) is 0 Å². The summed E-state index contributed by atoms with van der Waals surface area (Å²) in [6, 6.07) is 11.0. The van der Waals surface area contributed by atoms with Gasteiger partial charge < -0.3 is 0 Å². The lowest BCUT2D eigenvalue weighted by Crippen LogP contribution is -2.23. The fraction of sp³-hybridized carbons (Fsp3) is 0.167. The van der Waals surface area contributed by atoms with Crippen molar-refractivity contribution in [3.8, 4) is 5.69 Å². The molecule has 0 N–H and O–H groups in total. The van der Waals surface area contributed by atoms with E-state index < -0.39 is 5.82 Å². The molecule has 0 aliphatic carbocycles. The molecular weight excluding hydrogens is 363 g/mol. The van der Waals surface area contributed by atoms with E-state index in [4.69, 9.17) is 11.6 Å². The highest BCUT2D eigenvalue weighted by atomic mass is 35.5. The summed E-state index contributed by atoms with van der Waals surface area (Å²) in [4.78, 5) is 29.1. The number of hydrogen-bond donors (Lipinski definition) is 0. The van der Waals surface area contributed by atoms with Gasteiger partial charge in [0.05, 0.1) is 26.9 Å². The highest BCUT2D eigenvalue weighted by molar-refractivity contribution is 8.00. The fourth-order valence-electron chi connectivity index (χ4n) is 2.28. The molecular formula is C18H14ClFN2O2S. The number of Topliss-reactive ketones (excluding diaryl/α,β-unsaturated/α-hetero) is 1. The second-order valence-corrected chi connectivity index (χ2v) is 7.24. The van der Waals surface area contributed by atoms with Gasteiger partial charge in [-0.2, -0.15) is 0 Å². The molecule has 0 saturated heterocycles. The molecule has 0 amide bonds. The molecule has 25 heavy (non-hydrogen) atoms. The van der Waals surface area contributed by atoms with Crippen LogP contribution in [0.4, 0.5) is 4.39 Å². The number of rotatable bonds is 4. The monoisotopic (exact) mass is 376 g/mol. The van der Waals surface area contributed by atoms with Crippen molar-refractivity contribution in [3.05, 3.63) is 63.7 Å². The molecule has 1 heterocycles. The van der Waals surface area contributed by atoms with E-state index in [1.54, 1.807) is 31.2 Å². The number of hydrogen-bond acceptors (Lipinski definition) is 4. The Labute approximate surface area is 152 Å². The van der Waals surface area contributed by atoms with Crippen molar-refractivity contribution in [1.29, 1.82) is 0 Å². The molecule has 1 aromatic heterocycles. The summed E-state index contributed by atoms with van der Waals surface area (Å²) in [5.74, 6) is -0.602. The second kappa shape index (κ2) is 6.98. The molecule has 128 valence electrons. The Morgan fingerprint density at radius 1 is 1.28 bits per heavy atom. The van der Waals surface area contributed by atoms with Crippen molar-refractivity contribution >= 4 is 40.0 Å². The minimum absolute atomic E-state index is 0.0314. The number of halogens is 2. The second-order valence-electron chi connectivity index (χ2n) is 5.52. The number of para-hydroxylation sites is 1. The molecule has 1 atom stereocenters. The van der Waals surface area contributed by atoms with Gasteiger partial charge in [0, 0.05) is 0 Å². The molecule has 3 rings (SSSR count). The van der Waals surface area contributed by atoms with Crippen LogP contribution < -0.4 is 5.56 Å². The van der Waals surface area contributed by atoms with Crippen LogP contribution in [-0.2, 0) is 4.79 Å². The predicted octanol–water partition coefficient (Wildman–Crippen LogP) is 4.25. The Kier molecular flexibility index (Phi) is 4.92. The van der Waals surface area contributed by atoms with E-state index in [0.29, 0.717) is 21.7 Å². The van der Waals surface area contributed by atoms with Crippen molar-refractivity contribution in [3.63, 3.8) is 0 Å². The van der Waals surface area contributed by atoms with Crippen molar-refractivity contribution < 1.29 is 9.18 Å². The Morgan fingerprint density at radius 3 is 2.68 bits per heavy atom. The lowest BCUT2D eigenvalue weighted by atomic mass is 10.2. The highest BCUT2D eigenvalue weighted by Gasteiger charge is 2.18. The number of aromatic nitrogens is 2. The summed E-state index contributed by atoms with van der Waals surface area (Å²) in [6.07, 6.45) is 0. The van der Waals surface area contributed by atoms with Crippen LogP contribution in [0.15, 0.2) is 52.4 Å². The maximum atomic E-state index is 13.5. The molecule has 0 radical (unpaired) electrons. The maximum Gasteiger partial charge on any atom is 0.266 e. The SMILES string of the molecule is CC(=O)[C@H](C)Sc1nc2ccccc2c(=O)n1-c1ccc(F)c(Cl)c1. The van der Waals surface area contributed by atoms with Gasteiger partial charge in [-0.05, 0) is 44.2 Å². The van der Waals surface area contributed by atoms with E-state index >= 15 is 0 Å². The quantitative estimate of drug-likeness (QED) is 0.504. The number of thioether (sulfide) groups is 1. The van der Waals surface area contributed by atoms with Gasteiger partial charge in [0.25, 0.3) is 5.56 Å². The van der Waals surface area contributed by atoms with Gasteiger partial charge in [0.1, 0.15) is 11.6 Å². The minimum atomic E-state index is -0.571. The number of ketones is 1. The summed E-state index contributed by atoms with van der Waals surface area (Å²) in [6.45, 7) is 3.23. The molecule has 2 aromatic carbocycles. The standard InChI is InChI=1S/C18H14ClFN2O2S/c1-10(23)11(2)25-18-21-16-6-4-3-5-13(16)17(24)22(18)12-7-8-15(20)14(19)9-12/h3-9,11H,1-2H3/t11-/m0/s1. The van der Waals surface area contributed by atoms with Gasteiger partial charge in [0.15, 0.2) is 5.16 Å². The number of nitrogens with zero attached hydrogens (tertiary/aromatic N) is 2. The van der Waals surface area contributed by atoms with E-state index in [9.17, 15) is 14.0 Å². The average Bonchev–Trinajstić information content (AvgIpc) is 2.58. The lowest BCUT2D eigenvalue weighted by molar-refractivity contribution is -0.116. The molecule has 0 saturated carbocycles. The summed E-state index contributed by atoms with van der Waals surface area (Å²) < 4.78 is 14.9. The van der Waals surface area contributed by atoms with Crippen LogP contribution in [-0.4, -0.2) is 20.6 Å². The number of carbonyl (C=O) groups excluding carboxylic acids is 1. The first-order chi connectivity index (χ1) is 11.9. The van der Waals surface area contributed by atoms with E-state index in [0.717, 1.165) is 0 Å². The van der Waals surface area contributed by atoms with Gasteiger partial charge in [-0.15, -0.1) is 0 Å². The maximum absolute atomic E-state index is 13.5. The molecule has 3 aromatic rings. The topological polar surface area (TPSA) is 52.0 Å². The number of fused-ring (bicyclic) bond motifs is 1. The number of benzene rings is 2.